The zero-order chi connectivity index (χ0) is 17.6. The molecule has 1 aliphatic heterocycles. The van der Waals surface area contributed by atoms with Crippen LogP contribution in [0.5, 0.6) is 0 Å². The molecule has 132 valence electrons. The first-order valence-electron chi connectivity index (χ1n) is 8.19. The highest BCUT2D eigenvalue weighted by Gasteiger charge is 2.19. The number of nitrogens with zero attached hydrogens (tertiary/aromatic N) is 3. The van der Waals surface area contributed by atoms with Crippen molar-refractivity contribution >= 4 is 34.8 Å². The molecule has 1 fully saturated rings. The molecule has 25 heavy (non-hydrogen) atoms. The van der Waals surface area contributed by atoms with Gasteiger partial charge in [0.15, 0.2) is 0 Å². The zero-order valence-corrected chi connectivity index (χ0v) is 15.3. The van der Waals surface area contributed by atoms with Crippen LogP contribution in [0.2, 0.25) is 10.0 Å². The van der Waals surface area contributed by atoms with Crippen LogP contribution in [0.15, 0.2) is 42.6 Å². The number of benzene rings is 1. The van der Waals surface area contributed by atoms with Crippen LogP contribution >= 0.6 is 23.2 Å². The average molecular weight is 379 g/mol. The topological polar surface area (TPSA) is 48.5 Å². The summed E-state index contributed by atoms with van der Waals surface area (Å²) in [7, 11) is 0. The Bertz CT molecular complexity index is 698. The van der Waals surface area contributed by atoms with E-state index in [2.05, 4.69) is 20.1 Å². The summed E-state index contributed by atoms with van der Waals surface area (Å²) >= 11 is 11.9. The molecule has 0 atom stereocenters. The summed E-state index contributed by atoms with van der Waals surface area (Å²) < 4.78 is 0. The maximum Gasteiger partial charge on any atom is 0.238 e. The molecule has 3 rings (SSSR count). The summed E-state index contributed by atoms with van der Waals surface area (Å²) in [6.07, 6.45) is 1.82. The number of piperazine rings is 1. The minimum absolute atomic E-state index is 0.0588. The quantitative estimate of drug-likeness (QED) is 0.867. The van der Waals surface area contributed by atoms with Gasteiger partial charge >= 0.3 is 0 Å². The third-order valence-corrected chi connectivity index (χ3v) is 4.53. The van der Waals surface area contributed by atoms with Gasteiger partial charge in [0, 0.05) is 54.7 Å². The van der Waals surface area contributed by atoms with Gasteiger partial charge in [0.1, 0.15) is 0 Å². The molecular formula is C18H20Cl2N4O. The van der Waals surface area contributed by atoms with E-state index in [1.54, 1.807) is 18.2 Å². The summed E-state index contributed by atoms with van der Waals surface area (Å²) in [5.41, 5.74) is 1.70. The van der Waals surface area contributed by atoms with E-state index in [9.17, 15) is 4.79 Å². The fourth-order valence-corrected chi connectivity index (χ4v) is 3.38. The minimum Gasteiger partial charge on any atom is -0.325 e. The first-order valence-corrected chi connectivity index (χ1v) is 8.95. The summed E-state index contributed by atoms with van der Waals surface area (Å²) in [4.78, 5) is 21.1. The maximum atomic E-state index is 12.2. The van der Waals surface area contributed by atoms with E-state index in [1.807, 2.05) is 24.4 Å². The summed E-state index contributed by atoms with van der Waals surface area (Å²) in [6.45, 7) is 4.77. The predicted octanol–water partition coefficient (Wildman–Crippen LogP) is 3.14. The van der Waals surface area contributed by atoms with Gasteiger partial charge in [0.25, 0.3) is 0 Å². The number of pyridine rings is 1. The van der Waals surface area contributed by atoms with Gasteiger partial charge in [-0.05, 0) is 30.3 Å². The van der Waals surface area contributed by atoms with Gasteiger partial charge in [-0.25, -0.2) is 0 Å². The third kappa shape index (κ3) is 5.68. The number of nitrogens with one attached hydrogen (secondary N) is 1. The Labute approximate surface area is 157 Å². The van der Waals surface area contributed by atoms with Crippen molar-refractivity contribution in [2.24, 2.45) is 0 Å². The van der Waals surface area contributed by atoms with E-state index in [4.69, 9.17) is 23.2 Å². The Balaban J connectivity index is 1.44. The number of rotatable bonds is 5. The van der Waals surface area contributed by atoms with E-state index in [-0.39, 0.29) is 5.91 Å². The summed E-state index contributed by atoms with van der Waals surface area (Å²) in [5.74, 6) is -0.0588. The molecule has 1 aromatic carbocycles. The second-order valence-corrected chi connectivity index (χ2v) is 6.95. The van der Waals surface area contributed by atoms with Crippen LogP contribution in [0.25, 0.3) is 0 Å². The van der Waals surface area contributed by atoms with Crippen molar-refractivity contribution < 1.29 is 4.79 Å². The number of carbonyl (C=O) groups excluding carboxylic acids is 1. The van der Waals surface area contributed by atoms with E-state index < -0.39 is 0 Å². The maximum absolute atomic E-state index is 12.2. The molecule has 1 aliphatic rings. The van der Waals surface area contributed by atoms with Crippen molar-refractivity contribution in [1.82, 2.24) is 14.8 Å². The minimum atomic E-state index is -0.0588. The fourth-order valence-electron chi connectivity index (χ4n) is 2.86. The first kappa shape index (κ1) is 18.1. The molecule has 7 heteroatoms. The summed E-state index contributed by atoms with van der Waals surface area (Å²) in [6, 6.07) is 11.0. The lowest BCUT2D eigenvalue weighted by molar-refractivity contribution is -0.117. The van der Waals surface area contributed by atoms with Crippen molar-refractivity contribution in [3.05, 3.63) is 58.3 Å². The van der Waals surface area contributed by atoms with Crippen LogP contribution in [0.1, 0.15) is 5.69 Å². The van der Waals surface area contributed by atoms with Crippen LogP contribution < -0.4 is 5.32 Å². The molecule has 5 nitrogen and oxygen atoms in total. The van der Waals surface area contributed by atoms with Crippen molar-refractivity contribution in [2.75, 3.05) is 38.0 Å². The number of aromatic nitrogens is 1. The second kappa shape index (κ2) is 8.63. The lowest BCUT2D eigenvalue weighted by atomic mass is 10.2. The number of carbonyl (C=O) groups is 1. The molecular weight excluding hydrogens is 359 g/mol. The third-order valence-electron chi connectivity index (χ3n) is 4.09. The van der Waals surface area contributed by atoms with E-state index in [0.717, 1.165) is 38.4 Å². The Kier molecular flexibility index (Phi) is 6.26. The normalized spacial score (nSPS) is 15.9. The molecule has 0 aliphatic carbocycles. The Hall–Kier alpha value is -1.66. The second-order valence-electron chi connectivity index (χ2n) is 6.08. The standard InChI is InChI=1S/C18H20Cl2N4O/c19-14-9-15(20)11-17(10-14)22-18(25)13-24-7-5-23(6-8-24)12-16-3-1-2-4-21-16/h1-4,9-11H,5-8,12-13H2,(H,22,25). The van der Waals surface area contributed by atoms with Crippen molar-refractivity contribution in [2.45, 2.75) is 6.54 Å². The molecule has 1 amide bonds. The van der Waals surface area contributed by atoms with Gasteiger partial charge < -0.3 is 5.32 Å². The number of amides is 1. The zero-order valence-electron chi connectivity index (χ0n) is 13.8. The molecule has 2 heterocycles. The van der Waals surface area contributed by atoms with Crippen LogP contribution in [0.4, 0.5) is 5.69 Å². The Morgan fingerprint density at radius 3 is 2.36 bits per heavy atom. The lowest BCUT2D eigenvalue weighted by Gasteiger charge is -2.34. The SMILES string of the molecule is O=C(CN1CCN(Cc2ccccn2)CC1)Nc1cc(Cl)cc(Cl)c1. The van der Waals surface area contributed by atoms with E-state index in [0.29, 0.717) is 22.3 Å². The molecule has 1 N–H and O–H groups in total. The van der Waals surface area contributed by atoms with Crippen molar-refractivity contribution in [3.8, 4) is 0 Å². The number of halogens is 2. The fraction of sp³-hybridized carbons (Fsp3) is 0.333. The molecule has 0 bridgehead atoms. The van der Waals surface area contributed by atoms with Crippen LogP contribution in [0, 0.1) is 0 Å². The predicted molar refractivity (Wildman–Crippen MR) is 101 cm³/mol. The molecule has 2 aromatic rings. The van der Waals surface area contributed by atoms with E-state index in [1.165, 1.54) is 0 Å². The first-order chi connectivity index (χ1) is 12.1. The van der Waals surface area contributed by atoms with Crippen LogP contribution in [-0.2, 0) is 11.3 Å². The Morgan fingerprint density at radius 2 is 1.72 bits per heavy atom. The van der Waals surface area contributed by atoms with Gasteiger partial charge in [-0.1, -0.05) is 29.3 Å². The van der Waals surface area contributed by atoms with Crippen LogP contribution in [-0.4, -0.2) is 53.4 Å². The molecule has 0 spiro atoms. The molecule has 1 aromatic heterocycles. The molecule has 1 saturated heterocycles. The van der Waals surface area contributed by atoms with Gasteiger partial charge in [0.2, 0.25) is 5.91 Å². The molecule has 0 radical (unpaired) electrons. The monoisotopic (exact) mass is 378 g/mol. The number of anilines is 1. The molecule has 0 unspecified atom stereocenters. The average Bonchev–Trinajstić information content (AvgIpc) is 2.56. The summed E-state index contributed by atoms with van der Waals surface area (Å²) in [5, 5.41) is 3.86. The lowest BCUT2D eigenvalue weighted by Crippen LogP contribution is -2.48. The Morgan fingerprint density at radius 1 is 1.04 bits per heavy atom. The highest BCUT2D eigenvalue weighted by Crippen LogP contribution is 2.22. The van der Waals surface area contributed by atoms with Gasteiger partial charge in [-0.15, -0.1) is 0 Å². The number of hydrogen-bond acceptors (Lipinski definition) is 4. The largest absolute Gasteiger partial charge is 0.325 e. The highest BCUT2D eigenvalue weighted by molar-refractivity contribution is 6.35. The van der Waals surface area contributed by atoms with Crippen molar-refractivity contribution in [1.29, 1.82) is 0 Å². The smallest absolute Gasteiger partial charge is 0.238 e. The van der Waals surface area contributed by atoms with Gasteiger partial charge in [-0.2, -0.15) is 0 Å². The highest BCUT2D eigenvalue weighted by atomic mass is 35.5. The van der Waals surface area contributed by atoms with Crippen LogP contribution in [0.3, 0.4) is 0 Å². The van der Waals surface area contributed by atoms with Gasteiger partial charge in [0.05, 0.1) is 12.2 Å². The molecule has 0 saturated carbocycles. The van der Waals surface area contributed by atoms with Gasteiger partial charge in [-0.3, -0.25) is 19.6 Å². The van der Waals surface area contributed by atoms with Crippen molar-refractivity contribution in [3.63, 3.8) is 0 Å². The van der Waals surface area contributed by atoms with E-state index >= 15 is 0 Å². The number of hydrogen-bond donors (Lipinski definition) is 1.